The van der Waals surface area contributed by atoms with Crippen molar-refractivity contribution >= 4 is 46.8 Å². The summed E-state index contributed by atoms with van der Waals surface area (Å²) in [5, 5.41) is 17.0. The molecular weight excluding hydrogens is 827 g/mol. The van der Waals surface area contributed by atoms with E-state index in [2.05, 4.69) is 15.6 Å². The average molecular weight is 872 g/mol. The van der Waals surface area contributed by atoms with Crippen molar-refractivity contribution in [3.8, 4) is 28.4 Å². The highest BCUT2D eigenvalue weighted by Crippen LogP contribution is 2.41. The number of para-hydroxylation sites is 1. The van der Waals surface area contributed by atoms with Crippen LogP contribution in [-0.2, 0) is 35.6 Å². The van der Waals surface area contributed by atoms with E-state index in [4.69, 9.17) is 37.4 Å². The van der Waals surface area contributed by atoms with Crippen LogP contribution in [0.1, 0.15) is 50.7 Å². The Morgan fingerprint density at radius 3 is 2.35 bits per heavy atom. The topological polar surface area (TPSA) is 139 Å². The summed E-state index contributed by atoms with van der Waals surface area (Å²) in [7, 11) is 0. The fourth-order valence-corrected chi connectivity index (χ4v) is 8.04. The maximum atomic E-state index is 14.2. The Morgan fingerprint density at radius 2 is 1.61 bits per heavy atom. The molecule has 1 aromatic heterocycles. The summed E-state index contributed by atoms with van der Waals surface area (Å²) in [4.78, 5) is 46.8. The molecule has 0 spiro atoms. The van der Waals surface area contributed by atoms with Crippen molar-refractivity contribution in [1.82, 2.24) is 15.2 Å². The van der Waals surface area contributed by atoms with Crippen LogP contribution in [0.25, 0.3) is 11.1 Å². The summed E-state index contributed by atoms with van der Waals surface area (Å²) in [5.41, 5.74) is 9.55. The standard InChI is InChI=1S/C49H44Cl2N4O7/c1-28-6-4-5-7-41(28)54-49(59)55-25-36-24-45-44(61-27-46(62-45)34-13-15-37(16-14-34)60-26-32-10-17-39(50)40(51)20-32)23-35(36)22-43(55)47(56)53-42(48(57)58)21-31-8-11-33(12-9-31)38-18-19-52-30(3)29(38)2/h4-20,23-24,42-43,46H,21-22,25-27H2,1-3H3,(H,53,56)(H,54,59)(H,57,58)/t42-,43-,46+/m0/s1. The van der Waals surface area contributed by atoms with Crippen LogP contribution in [0.15, 0.2) is 115 Å². The molecule has 2 aliphatic rings. The molecule has 0 unspecified atom stereocenters. The molecule has 11 nitrogen and oxygen atoms in total. The van der Waals surface area contributed by atoms with Gasteiger partial charge in [-0.15, -0.1) is 0 Å². The molecule has 0 saturated carbocycles. The number of nitrogens with zero attached hydrogens (tertiary/aromatic N) is 2. The molecule has 3 N–H and O–H groups in total. The van der Waals surface area contributed by atoms with E-state index >= 15 is 0 Å². The first-order chi connectivity index (χ1) is 29.9. The highest BCUT2D eigenvalue weighted by atomic mass is 35.5. The second-order valence-electron chi connectivity index (χ2n) is 15.6. The molecule has 8 rings (SSSR count). The third kappa shape index (κ3) is 9.34. The van der Waals surface area contributed by atoms with Crippen molar-refractivity contribution in [1.29, 1.82) is 0 Å². The summed E-state index contributed by atoms with van der Waals surface area (Å²) in [6, 6.07) is 30.8. The number of aryl methyl sites for hydroxylation is 2. The lowest BCUT2D eigenvalue weighted by molar-refractivity contribution is -0.142. The molecule has 3 heterocycles. The summed E-state index contributed by atoms with van der Waals surface area (Å²) in [6.45, 7) is 6.48. The van der Waals surface area contributed by atoms with Gasteiger partial charge in [-0.3, -0.25) is 9.78 Å². The lowest BCUT2D eigenvalue weighted by Gasteiger charge is -2.37. The van der Waals surface area contributed by atoms with Crippen molar-refractivity contribution in [2.24, 2.45) is 0 Å². The van der Waals surface area contributed by atoms with Gasteiger partial charge in [-0.1, -0.05) is 83.9 Å². The molecule has 5 aromatic carbocycles. The van der Waals surface area contributed by atoms with Gasteiger partial charge in [-0.25, -0.2) is 9.59 Å². The SMILES string of the molecule is Cc1ccccc1NC(=O)N1Cc2cc3c(cc2C[C@H]1C(=O)N[C@@H](Cc1ccc(-c2ccnc(C)c2C)cc1)C(=O)O)OC[C@H](c1ccc(OCc2ccc(Cl)c(Cl)c2)cc1)O3. The number of carbonyl (C=O) groups excluding carboxylic acids is 2. The molecule has 0 bridgehead atoms. The van der Waals surface area contributed by atoms with Crippen LogP contribution in [0.4, 0.5) is 10.5 Å². The van der Waals surface area contributed by atoms with E-state index in [1.54, 1.807) is 24.4 Å². The number of halogens is 2. The minimum Gasteiger partial charge on any atom is -0.489 e. The molecule has 6 aromatic rings. The first kappa shape index (κ1) is 42.1. The van der Waals surface area contributed by atoms with Gasteiger partial charge in [0.1, 0.15) is 31.0 Å². The lowest BCUT2D eigenvalue weighted by atomic mass is 9.92. The Hall–Kier alpha value is -6.56. The van der Waals surface area contributed by atoms with Crippen LogP contribution in [0, 0.1) is 20.8 Å². The smallest absolute Gasteiger partial charge is 0.326 e. The van der Waals surface area contributed by atoms with E-state index in [1.165, 1.54) is 4.90 Å². The molecular formula is C49H44Cl2N4O7. The number of fused-ring (bicyclic) bond motifs is 2. The maximum absolute atomic E-state index is 14.2. The number of aromatic nitrogens is 1. The quantitative estimate of drug-likeness (QED) is 0.117. The number of urea groups is 1. The van der Waals surface area contributed by atoms with Gasteiger partial charge in [0.2, 0.25) is 5.91 Å². The van der Waals surface area contributed by atoms with Crippen molar-refractivity contribution < 1.29 is 33.7 Å². The Morgan fingerprint density at radius 1 is 0.871 bits per heavy atom. The van der Waals surface area contributed by atoms with E-state index < -0.39 is 36.1 Å². The normalized spacial score (nSPS) is 15.9. The maximum Gasteiger partial charge on any atom is 0.326 e. The molecule has 2 aliphatic heterocycles. The second kappa shape index (κ2) is 18.2. The first-order valence-electron chi connectivity index (χ1n) is 20.2. The van der Waals surface area contributed by atoms with Crippen LogP contribution >= 0.6 is 23.2 Å². The number of hydrogen-bond donors (Lipinski definition) is 3. The second-order valence-corrected chi connectivity index (χ2v) is 16.4. The van der Waals surface area contributed by atoms with Gasteiger partial charge in [0.25, 0.3) is 0 Å². The highest BCUT2D eigenvalue weighted by Gasteiger charge is 2.38. The minimum atomic E-state index is -1.25. The number of carbonyl (C=O) groups is 3. The van der Waals surface area contributed by atoms with E-state index in [9.17, 15) is 19.5 Å². The van der Waals surface area contributed by atoms with Crippen molar-refractivity contribution in [3.05, 3.63) is 170 Å². The third-order valence-corrected chi connectivity index (χ3v) is 12.2. The Bertz CT molecular complexity index is 2660. The number of anilines is 1. The molecule has 3 atom stereocenters. The fraction of sp³-hybridized carbons (Fsp3) is 0.224. The summed E-state index contributed by atoms with van der Waals surface area (Å²) in [6.07, 6.45) is 1.52. The number of carboxylic acid groups (broad SMARTS) is 1. The van der Waals surface area contributed by atoms with Gasteiger partial charge in [-0.05, 0) is 119 Å². The lowest BCUT2D eigenvalue weighted by Crippen LogP contribution is -2.56. The summed E-state index contributed by atoms with van der Waals surface area (Å²) >= 11 is 12.2. The van der Waals surface area contributed by atoms with Crippen LogP contribution in [0.5, 0.6) is 17.2 Å². The third-order valence-electron chi connectivity index (χ3n) is 11.4. The Balaban J connectivity index is 0.988. The molecule has 0 fully saturated rings. The van der Waals surface area contributed by atoms with Crippen molar-refractivity contribution in [2.45, 2.75) is 65.0 Å². The zero-order chi connectivity index (χ0) is 43.5. The predicted octanol–water partition coefficient (Wildman–Crippen LogP) is 9.84. The largest absolute Gasteiger partial charge is 0.489 e. The first-order valence-corrected chi connectivity index (χ1v) is 21.0. The van der Waals surface area contributed by atoms with E-state index in [1.807, 2.05) is 112 Å². The molecule has 0 saturated heterocycles. The number of rotatable bonds is 11. The van der Waals surface area contributed by atoms with Gasteiger partial charge >= 0.3 is 12.0 Å². The van der Waals surface area contributed by atoms with Crippen molar-refractivity contribution in [2.75, 3.05) is 11.9 Å². The Kier molecular flexibility index (Phi) is 12.4. The molecule has 62 heavy (non-hydrogen) atoms. The van der Waals surface area contributed by atoms with E-state index in [-0.39, 0.29) is 26.0 Å². The van der Waals surface area contributed by atoms with Gasteiger partial charge in [-0.2, -0.15) is 0 Å². The van der Waals surface area contributed by atoms with E-state index in [0.717, 1.165) is 55.8 Å². The molecule has 0 radical (unpaired) electrons. The number of carboxylic acids is 1. The number of hydrogen-bond acceptors (Lipinski definition) is 7. The number of aliphatic carboxylic acids is 1. The van der Waals surface area contributed by atoms with Crippen molar-refractivity contribution in [3.63, 3.8) is 0 Å². The number of amides is 3. The monoisotopic (exact) mass is 870 g/mol. The van der Waals surface area contributed by atoms with Crippen LogP contribution in [0.2, 0.25) is 10.0 Å². The Labute approximate surface area is 369 Å². The average Bonchev–Trinajstić information content (AvgIpc) is 3.27. The summed E-state index contributed by atoms with van der Waals surface area (Å²) in [5.74, 6) is -0.0727. The number of benzene rings is 5. The highest BCUT2D eigenvalue weighted by molar-refractivity contribution is 6.42. The molecule has 316 valence electrons. The molecule has 13 heteroatoms. The molecule has 0 aliphatic carbocycles. The summed E-state index contributed by atoms with van der Waals surface area (Å²) < 4.78 is 18.7. The van der Waals surface area contributed by atoms with Crippen LogP contribution < -0.4 is 24.8 Å². The minimum absolute atomic E-state index is 0.0444. The number of pyridine rings is 1. The zero-order valence-electron chi connectivity index (χ0n) is 34.3. The number of nitrogens with one attached hydrogen (secondary N) is 2. The van der Waals surface area contributed by atoms with E-state index in [0.29, 0.717) is 39.6 Å². The van der Waals surface area contributed by atoms with Gasteiger partial charge in [0.15, 0.2) is 17.6 Å². The zero-order valence-corrected chi connectivity index (χ0v) is 35.8. The van der Waals surface area contributed by atoms with Gasteiger partial charge in [0.05, 0.1) is 10.0 Å². The van der Waals surface area contributed by atoms with Gasteiger partial charge in [0, 0.05) is 37.0 Å². The number of ether oxygens (including phenoxy) is 3. The van der Waals surface area contributed by atoms with Crippen LogP contribution in [0.3, 0.4) is 0 Å². The predicted molar refractivity (Wildman–Crippen MR) is 238 cm³/mol. The van der Waals surface area contributed by atoms with Crippen LogP contribution in [-0.4, -0.2) is 51.6 Å². The fourth-order valence-electron chi connectivity index (χ4n) is 7.72. The van der Waals surface area contributed by atoms with Gasteiger partial charge < -0.3 is 34.9 Å². The molecule has 3 amide bonds.